The number of nitrogens with zero attached hydrogens (tertiary/aromatic N) is 2. The second-order valence-electron chi connectivity index (χ2n) is 9.44. The van der Waals surface area contributed by atoms with Gasteiger partial charge in [-0.3, -0.25) is 0 Å². The number of ether oxygens (including phenoxy) is 2. The van der Waals surface area contributed by atoms with Crippen molar-refractivity contribution in [1.29, 1.82) is 0 Å². The molecular weight excluding hydrogens is 432 g/mol. The number of hydrogen-bond donors (Lipinski definition) is 0. The second-order valence-corrected chi connectivity index (χ2v) is 9.44. The van der Waals surface area contributed by atoms with Crippen LogP contribution >= 0.6 is 0 Å². The average Bonchev–Trinajstić information content (AvgIpc) is 3.38. The van der Waals surface area contributed by atoms with Crippen molar-refractivity contribution in [2.24, 2.45) is 0 Å². The minimum Gasteiger partial charge on any atom is -0.494 e. The Kier molecular flexibility index (Phi) is 11.2. The van der Waals surface area contributed by atoms with Crippen LogP contribution in [0.5, 0.6) is 11.5 Å². The lowest BCUT2D eigenvalue weighted by Crippen LogP contribution is -2.15. The molecule has 0 bridgehead atoms. The molecule has 0 heterocycles. The zero-order valence-corrected chi connectivity index (χ0v) is 22.1. The maximum Gasteiger partial charge on any atom is 0.119 e. The maximum atomic E-state index is 5.97. The van der Waals surface area contributed by atoms with Crippen molar-refractivity contribution < 1.29 is 9.47 Å². The predicted octanol–water partition coefficient (Wildman–Crippen LogP) is 5.96. The highest BCUT2D eigenvalue weighted by atomic mass is 16.5. The van der Waals surface area contributed by atoms with E-state index in [1.54, 1.807) is 0 Å². The molecule has 0 aromatic heterocycles. The molecule has 0 aliphatic heterocycles. The topological polar surface area (TPSA) is 24.9 Å². The first-order chi connectivity index (χ1) is 17.0. The minimum absolute atomic E-state index is 0.726. The highest BCUT2D eigenvalue weighted by molar-refractivity contribution is 5.85. The Labute approximate surface area is 213 Å². The van der Waals surface area contributed by atoms with Crippen molar-refractivity contribution in [2.45, 2.75) is 26.2 Å². The van der Waals surface area contributed by atoms with E-state index in [1.807, 2.05) is 0 Å². The maximum absolute atomic E-state index is 5.97. The summed E-state index contributed by atoms with van der Waals surface area (Å²) in [5.41, 5.74) is 5.00. The van der Waals surface area contributed by atoms with Crippen LogP contribution in [0.15, 0.2) is 54.1 Å². The van der Waals surface area contributed by atoms with E-state index in [0.29, 0.717) is 0 Å². The van der Waals surface area contributed by atoms with Crippen LogP contribution in [0.1, 0.15) is 37.3 Å². The van der Waals surface area contributed by atoms with E-state index in [-0.39, 0.29) is 0 Å². The van der Waals surface area contributed by atoms with Crippen molar-refractivity contribution in [3.05, 3.63) is 96.8 Å². The van der Waals surface area contributed by atoms with Gasteiger partial charge in [0.1, 0.15) is 11.5 Å². The number of benzene rings is 2. The zero-order valence-electron chi connectivity index (χ0n) is 22.1. The molecule has 4 nitrogen and oxygen atoms in total. The first-order valence-electron chi connectivity index (χ1n) is 12.7. The molecule has 2 aromatic rings. The molecule has 1 aliphatic rings. The Morgan fingerprint density at radius 3 is 1.46 bits per heavy atom. The van der Waals surface area contributed by atoms with Gasteiger partial charge < -0.3 is 19.3 Å². The van der Waals surface area contributed by atoms with Gasteiger partial charge in [-0.2, -0.15) is 0 Å². The molecule has 0 amide bonds. The molecule has 1 fully saturated rings. The van der Waals surface area contributed by atoms with E-state index in [4.69, 9.17) is 9.47 Å². The van der Waals surface area contributed by atoms with Crippen molar-refractivity contribution in [2.75, 3.05) is 54.5 Å². The van der Waals surface area contributed by atoms with E-state index in [0.717, 1.165) is 57.1 Å². The van der Waals surface area contributed by atoms with Crippen LogP contribution in [0, 0.1) is 31.6 Å². The fraction of sp³-hybridized carbons (Fsp3) is 0.387. The third-order valence-electron chi connectivity index (χ3n) is 5.99. The van der Waals surface area contributed by atoms with E-state index in [1.165, 1.54) is 28.2 Å². The van der Waals surface area contributed by atoms with Gasteiger partial charge >= 0.3 is 0 Å². The summed E-state index contributed by atoms with van der Waals surface area (Å²) in [6, 6.07) is 17.1. The Bertz CT molecular complexity index is 833. The standard InChI is InChI=1S/C31H41N2O2/c1-6-30(25-11-7-8-12-25)31(26-13-17-28(18-14-26)34-23-9-21-32(2)3)27-15-19-29(20-16-27)35-24-10-22-33(4)5/h7-8,11-20H,6,9-10,21-24H2,1-5H3. The van der Waals surface area contributed by atoms with Crippen molar-refractivity contribution in [1.82, 2.24) is 9.80 Å². The van der Waals surface area contributed by atoms with Gasteiger partial charge in [-0.15, -0.1) is 0 Å². The van der Waals surface area contributed by atoms with Gasteiger partial charge in [-0.05, 0) is 114 Å². The fourth-order valence-corrected chi connectivity index (χ4v) is 4.19. The minimum atomic E-state index is 0.726. The van der Waals surface area contributed by atoms with E-state index >= 15 is 0 Å². The molecule has 1 saturated carbocycles. The largest absolute Gasteiger partial charge is 0.494 e. The van der Waals surface area contributed by atoms with Crippen LogP contribution in [0.2, 0.25) is 0 Å². The molecule has 5 radical (unpaired) electrons. The summed E-state index contributed by atoms with van der Waals surface area (Å²) < 4.78 is 11.9. The molecule has 1 aliphatic carbocycles. The van der Waals surface area contributed by atoms with E-state index in [2.05, 4.69) is 119 Å². The molecule has 4 heteroatoms. The monoisotopic (exact) mass is 473 g/mol. The number of rotatable bonds is 14. The second kappa shape index (κ2) is 14.3. The Morgan fingerprint density at radius 1 is 0.657 bits per heavy atom. The van der Waals surface area contributed by atoms with Crippen LogP contribution in [0.25, 0.3) is 5.57 Å². The van der Waals surface area contributed by atoms with E-state index < -0.39 is 0 Å². The average molecular weight is 474 g/mol. The molecule has 0 saturated heterocycles. The van der Waals surface area contributed by atoms with Crippen LogP contribution in [-0.2, 0) is 0 Å². The lowest BCUT2D eigenvalue weighted by molar-refractivity contribution is 0.281. The fourth-order valence-electron chi connectivity index (χ4n) is 4.19. The predicted molar refractivity (Wildman–Crippen MR) is 147 cm³/mol. The molecule has 187 valence electrons. The Hall–Kier alpha value is -2.30. The summed E-state index contributed by atoms with van der Waals surface area (Å²) >= 11 is 0. The number of allylic oxidation sites excluding steroid dienone is 1. The van der Waals surface area contributed by atoms with Gasteiger partial charge in [0, 0.05) is 19.0 Å². The summed E-state index contributed by atoms with van der Waals surface area (Å²) in [5.74, 6) is 3.11. The van der Waals surface area contributed by atoms with Gasteiger partial charge in [-0.25, -0.2) is 0 Å². The highest BCUT2D eigenvalue weighted by Crippen LogP contribution is 2.40. The normalized spacial score (nSPS) is 14.0. The summed E-state index contributed by atoms with van der Waals surface area (Å²) in [5, 5.41) is 0. The van der Waals surface area contributed by atoms with Crippen molar-refractivity contribution >= 4 is 5.57 Å². The Balaban J connectivity index is 1.79. The van der Waals surface area contributed by atoms with Crippen LogP contribution in [0.3, 0.4) is 0 Å². The third-order valence-corrected chi connectivity index (χ3v) is 5.99. The zero-order chi connectivity index (χ0) is 25.0. The molecule has 0 unspecified atom stereocenters. The van der Waals surface area contributed by atoms with E-state index in [9.17, 15) is 0 Å². The number of hydrogen-bond acceptors (Lipinski definition) is 4. The van der Waals surface area contributed by atoms with Gasteiger partial charge in [0.2, 0.25) is 0 Å². The molecule has 0 N–H and O–H groups in total. The highest BCUT2D eigenvalue weighted by Gasteiger charge is 2.24. The van der Waals surface area contributed by atoms with Crippen LogP contribution in [0.4, 0.5) is 0 Å². The summed E-state index contributed by atoms with van der Waals surface area (Å²) in [7, 11) is 8.35. The first kappa shape index (κ1) is 27.3. The molecular formula is C31H41N2O2. The smallest absolute Gasteiger partial charge is 0.119 e. The van der Waals surface area contributed by atoms with Crippen molar-refractivity contribution in [3.63, 3.8) is 0 Å². The molecule has 0 atom stereocenters. The molecule has 0 spiro atoms. The lowest BCUT2D eigenvalue weighted by Gasteiger charge is -2.20. The Morgan fingerprint density at radius 2 is 1.09 bits per heavy atom. The summed E-state index contributed by atoms with van der Waals surface area (Å²) in [4.78, 5) is 4.36. The van der Waals surface area contributed by atoms with Gasteiger partial charge in [-0.1, -0.05) is 36.8 Å². The van der Waals surface area contributed by atoms with Gasteiger partial charge in [0.05, 0.1) is 13.2 Å². The molecule has 35 heavy (non-hydrogen) atoms. The van der Waals surface area contributed by atoms with Gasteiger partial charge in [0.25, 0.3) is 0 Å². The third kappa shape index (κ3) is 8.70. The molecule has 2 aromatic carbocycles. The first-order valence-corrected chi connectivity index (χ1v) is 12.7. The van der Waals surface area contributed by atoms with Crippen LogP contribution < -0.4 is 9.47 Å². The van der Waals surface area contributed by atoms with Crippen molar-refractivity contribution in [3.8, 4) is 11.5 Å². The summed E-state index contributed by atoms with van der Waals surface area (Å²) in [6.07, 6.45) is 11.6. The van der Waals surface area contributed by atoms with Crippen LogP contribution in [-0.4, -0.2) is 64.3 Å². The lowest BCUT2D eigenvalue weighted by atomic mass is 9.84. The SMILES string of the molecule is CCC([C]1[CH][CH][CH][CH]1)=C(c1ccc(OCCCN(C)C)cc1)c1ccc(OCCCN(C)C)cc1. The summed E-state index contributed by atoms with van der Waals surface area (Å²) in [6.45, 7) is 5.74. The van der Waals surface area contributed by atoms with Gasteiger partial charge in [0.15, 0.2) is 0 Å². The quantitative estimate of drug-likeness (QED) is 0.316. The molecule has 3 rings (SSSR count).